The smallest absolute Gasteiger partial charge is 0.161 e. The van der Waals surface area contributed by atoms with E-state index in [4.69, 9.17) is 23.2 Å². The summed E-state index contributed by atoms with van der Waals surface area (Å²) in [6.07, 6.45) is 1.73. The van der Waals surface area contributed by atoms with Crippen molar-refractivity contribution in [2.75, 3.05) is 0 Å². The van der Waals surface area contributed by atoms with Gasteiger partial charge in [-0.05, 0) is 12.8 Å². The lowest BCUT2D eigenvalue weighted by atomic mass is 10.1. The Morgan fingerprint density at radius 3 is 2.60 bits per heavy atom. The minimum atomic E-state index is 0.228. The molecule has 2 rings (SSSR count). The van der Waals surface area contributed by atoms with E-state index in [1.165, 1.54) is 0 Å². The molecule has 0 unspecified atom stereocenters. The number of hydrogen-bond donors (Lipinski definition) is 0. The third-order valence-electron chi connectivity index (χ3n) is 2.33. The van der Waals surface area contributed by atoms with Gasteiger partial charge in [-0.15, -0.1) is 0 Å². The van der Waals surface area contributed by atoms with Crippen LogP contribution in [0.25, 0.3) is 5.65 Å². The molecule has 0 saturated carbocycles. The van der Waals surface area contributed by atoms with E-state index in [-0.39, 0.29) is 5.92 Å². The highest BCUT2D eigenvalue weighted by molar-refractivity contribution is 6.35. The average molecular weight is 244 g/mol. The summed E-state index contributed by atoms with van der Waals surface area (Å²) in [4.78, 5) is 4.30. The Morgan fingerprint density at radius 1 is 1.33 bits per heavy atom. The Hall–Kier alpha value is -0.800. The summed E-state index contributed by atoms with van der Waals surface area (Å²) < 4.78 is 1.62. The van der Waals surface area contributed by atoms with Crippen LogP contribution in [-0.2, 0) is 0 Å². The van der Waals surface area contributed by atoms with Crippen molar-refractivity contribution >= 4 is 28.8 Å². The molecule has 0 fully saturated rings. The summed E-state index contributed by atoms with van der Waals surface area (Å²) in [6, 6.07) is 0. The van der Waals surface area contributed by atoms with Gasteiger partial charge in [0.15, 0.2) is 5.65 Å². The number of halogens is 2. The third-order valence-corrected chi connectivity index (χ3v) is 2.98. The lowest BCUT2D eigenvalue weighted by molar-refractivity contribution is 0.822. The lowest BCUT2D eigenvalue weighted by Crippen LogP contribution is -2.01. The van der Waals surface area contributed by atoms with Gasteiger partial charge in [0.05, 0.1) is 6.20 Å². The lowest BCUT2D eigenvalue weighted by Gasteiger charge is -2.10. The Bertz CT molecular complexity index is 517. The van der Waals surface area contributed by atoms with Gasteiger partial charge >= 0.3 is 0 Å². The van der Waals surface area contributed by atoms with Crippen molar-refractivity contribution in [1.82, 2.24) is 14.6 Å². The zero-order chi connectivity index (χ0) is 11.2. The molecule has 0 aliphatic rings. The molecule has 0 bridgehead atoms. The SMILES string of the molecule is Cc1cnn2c(Cl)c(C(C)C)c(Cl)nc12. The van der Waals surface area contributed by atoms with Gasteiger partial charge in [0.2, 0.25) is 0 Å². The van der Waals surface area contributed by atoms with E-state index >= 15 is 0 Å². The first kappa shape index (κ1) is 10.7. The first-order valence-corrected chi connectivity index (χ1v) is 5.47. The molecule has 0 spiro atoms. The monoisotopic (exact) mass is 243 g/mol. The molecular weight excluding hydrogens is 233 g/mol. The summed E-state index contributed by atoms with van der Waals surface area (Å²) >= 11 is 12.3. The van der Waals surface area contributed by atoms with Crippen LogP contribution < -0.4 is 0 Å². The van der Waals surface area contributed by atoms with Crippen LogP contribution in [0.1, 0.15) is 30.9 Å². The first-order valence-electron chi connectivity index (χ1n) is 4.71. The van der Waals surface area contributed by atoms with E-state index in [1.807, 2.05) is 20.8 Å². The molecule has 5 heteroatoms. The van der Waals surface area contributed by atoms with Crippen LogP contribution in [0.5, 0.6) is 0 Å². The molecule has 2 aromatic rings. The molecule has 2 aromatic heterocycles. The molecule has 0 aliphatic heterocycles. The Morgan fingerprint density at radius 2 is 2.00 bits per heavy atom. The van der Waals surface area contributed by atoms with Crippen LogP contribution in [0.2, 0.25) is 10.3 Å². The second-order valence-electron chi connectivity index (χ2n) is 3.82. The molecule has 0 amide bonds. The maximum absolute atomic E-state index is 6.23. The zero-order valence-corrected chi connectivity index (χ0v) is 10.3. The number of aromatic nitrogens is 3. The van der Waals surface area contributed by atoms with E-state index < -0.39 is 0 Å². The highest BCUT2D eigenvalue weighted by Crippen LogP contribution is 2.30. The van der Waals surface area contributed by atoms with Crippen LogP contribution in [0.3, 0.4) is 0 Å². The summed E-state index contributed by atoms with van der Waals surface area (Å²) in [6.45, 7) is 5.98. The minimum absolute atomic E-state index is 0.228. The zero-order valence-electron chi connectivity index (χ0n) is 8.75. The van der Waals surface area contributed by atoms with Gasteiger partial charge in [-0.2, -0.15) is 5.10 Å². The fourth-order valence-corrected chi connectivity index (χ4v) is 2.40. The van der Waals surface area contributed by atoms with Crippen molar-refractivity contribution < 1.29 is 0 Å². The van der Waals surface area contributed by atoms with E-state index in [9.17, 15) is 0 Å². The number of hydrogen-bond acceptors (Lipinski definition) is 2. The van der Waals surface area contributed by atoms with Crippen LogP contribution in [-0.4, -0.2) is 14.6 Å². The summed E-state index contributed by atoms with van der Waals surface area (Å²) in [5, 5.41) is 5.18. The van der Waals surface area contributed by atoms with E-state index in [0.717, 1.165) is 16.8 Å². The largest absolute Gasteiger partial charge is 0.216 e. The third kappa shape index (κ3) is 1.60. The van der Waals surface area contributed by atoms with E-state index in [0.29, 0.717) is 10.3 Å². The normalized spacial score (nSPS) is 11.6. The van der Waals surface area contributed by atoms with Crippen LogP contribution >= 0.6 is 23.2 Å². The number of rotatable bonds is 1. The highest BCUT2D eigenvalue weighted by atomic mass is 35.5. The Kier molecular flexibility index (Phi) is 2.61. The Balaban J connectivity index is 2.85. The molecule has 80 valence electrons. The highest BCUT2D eigenvalue weighted by Gasteiger charge is 2.16. The van der Waals surface area contributed by atoms with Gasteiger partial charge in [0.25, 0.3) is 0 Å². The van der Waals surface area contributed by atoms with Crippen molar-refractivity contribution in [3.05, 3.63) is 27.6 Å². The predicted octanol–water partition coefficient (Wildman–Crippen LogP) is 3.47. The number of fused-ring (bicyclic) bond motifs is 1. The molecule has 2 heterocycles. The maximum Gasteiger partial charge on any atom is 0.161 e. The van der Waals surface area contributed by atoms with Crippen molar-refractivity contribution in [1.29, 1.82) is 0 Å². The van der Waals surface area contributed by atoms with Crippen LogP contribution in [0.15, 0.2) is 6.20 Å². The summed E-state index contributed by atoms with van der Waals surface area (Å²) in [5.41, 5.74) is 2.53. The second kappa shape index (κ2) is 3.65. The quantitative estimate of drug-likeness (QED) is 0.719. The van der Waals surface area contributed by atoms with Crippen molar-refractivity contribution in [3.63, 3.8) is 0 Å². The number of aryl methyl sites for hydroxylation is 1. The van der Waals surface area contributed by atoms with Crippen molar-refractivity contribution in [3.8, 4) is 0 Å². The molecule has 15 heavy (non-hydrogen) atoms. The molecule has 0 N–H and O–H groups in total. The van der Waals surface area contributed by atoms with Crippen molar-refractivity contribution in [2.24, 2.45) is 0 Å². The number of nitrogens with zero attached hydrogens (tertiary/aromatic N) is 3. The maximum atomic E-state index is 6.23. The fourth-order valence-electron chi connectivity index (χ4n) is 1.53. The molecule has 3 nitrogen and oxygen atoms in total. The molecule has 0 saturated heterocycles. The van der Waals surface area contributed by atoms with Gasteiger partial charge in [0.1, 0.15) is 10.3 Å². The average Bonchev–Trinajstić information content (AvgIpc) is 2.47. The molecule has 0 aliphatic carbocycles. The van der Waals surface area contributed by atoms with Gasteiger partial charge in [-0.3, -0.25) is 0 Å². The van der Waals surface area contributed by atoms with E-state index in [2.05, 4.69) is 10.1 Å². The van der Waals surface area contributed by atoms with Gasteiger partial charge in [0, 0.05) is 11.1 Å². The Labute approximate surface area is 98.0 Å². The topological polar surface area (TPSA) is 30.2 Å². The molecular formula is C10H11Cl2N3. The van der Waals surface area contributed by atoms with Gasteiger partial charge in [-0.25, -0.2) is 9.50 Å². The molecule has 0 atom stereocenters. The first-order chi connectivity index (χ1) is 7.02. The van der Waals surface area contributed by atoms with Crippen LogP contribution in [0.4, 0.5) is 0 Å². The van der Waals surface area contributed by atoms with Gasteiger partial charge < -0.3 is 0 Å². The van der Waals surface area contributed by atoms with Gasteiger partial charge in [-0.1, -0.05) is 37.0 Å². The summed E-state index contributed by atoms with van der Waals surface area (Å²) in [7, 11) is 0. The predicted molar refractivity (Wildman–Crippen MR) is 61.8 cm³/mol. The fraction of sp³-hybridized carbons (Fsp3) is 0.400. The van der Waals surface area contributed by atoms with Crippen LogP contribution in [0, 0.1) is 6.92 Å². The second-order valence-corrected chi connectivity index (χ2v) is 4.54. The summed E-state index contributed by atoms with van der Waals surface area (Å²) in [5.74, 6) is 0.228. The minimum Gasteiger partial charge on any atom is -0.216 e. The van der Waals surface area contributed by atoms with E-state index in [1.54, 1.807) is 10.7 Å². The van der Waals surface area contributed by atoms with Crippen molar-refractivity contribution in [2.45, 2.75) is 26.7 Å². The molecule has 0 aromatic carbocycles. The molecule has 0 radical (unpaired) electrons. The standard InChI is InChI=1S/C10H11Cl2N3/c1-5(2)7-8(11)14-10-6(3)4-13-15(10)9(7)12/h4-5H,1-3H3.